The second-order valence-electron chi connectivity index (χ2n) is 4.76. The fourth-order valence-corrected chi connectivity index (χ4v) is 2.67. The van der Waals surface area contributed by atoms with E-state index in [-0.39, 0.29) is 10.8 Å². The highest BCUT2D eigenvalue weighted by Gasteiger charge is 2.19. The lowest BCUT2D eigenvalue weighted by molar-refractivity contribution is 0.241. The van der Waals surface area contributed by atoms with Crippen molar-refractivity contribution in [2.75, 3.05) is 46.9 Å². The van der Waals surface area contributed by atoms with Gasteiger partial charge in [-0.1, -0.05) is 11.6 Å². The minimum atomic E-state index is 0.0828. The topological polar surface area (TPSA) is 54.0 Å². The van der Waals surface area contributed by atoms with Crippen molar-refractivity contribution in [3.05, 3.63) is 16.7 Å². The van der Waals surface area contributed by atoms with Gasteiger partial charge in [-0.25, -0.2) is 0 Å². The standard InChI is InChI=1S/C14H21ClN2O3/c1-19-12-9-11(15)13(18)10(14(12)20-2)3-6-17-7-4-16-5-8-17/h9,16,18H,3-8H2,1-2H3. The van der Waals surface area contributed by atoms with Gasteiger partial charge in [-0.2, -0.15) is 0 Å². The predicted octanol–water partition coefficient (Wildman–Crippen LogP) is 1.51. The number of hydrogen-bond donors (Lipinski definition) is 2. The summed E-state index contributed by atoms with van der Waals surface area (Å²) in [5, 5.41) is 13.8. The summed E-state index contributed by atoms with van der Waals surface area (Å²) in [5.41, 5.74) is 0.704. The number of nitrogens with zero attached hydrogens (tertiary/aromatic N) is 1. The monoisotopic (exact) mass is 300 g/mol. The second-order valence-corrected chi connectivity index (χ2v) is 5.17. The minimum Gasteiger partial charge on any atom is -0.506 e. The van der Waals surface area contributed by atoms with Crippen molar-refractivity contribution >= 4 is 11.6 Å². The van der Waals surface area contributed by atoms with Crippen LogP contribution in [-0.2, 0) is 6.42 Å². The number of hydrogen-bond acceptors (Lipinski definition) is 5. The molecule has 2 rings (SSSR count). The van der Waals surface area contributed by atoms with Crippen LogP contribution in [0.1, 0.15) is 5.56 Å². The van der Waals surface area contributed by atoms with Gasteiger partial charge < -0.3 is 24.8 Å². The van der Waals surface area contributed by atoms with E-state index in [2.05, 4.69) is 10.2 Å². The Labute approximate surface area is 124 Å². The zero-order chi connectivity index (χ0) is 14.5. The van der Waals surface area contributed by atoms with Crippen LogP contribution in [0.3, 0.4) is 0 Å². The first-order valence-corrected chi connectivity index (χ1v) is 7.10. The van der Waals surface area contributed by atoms with E-state index in [1.54, 1.807) is 20.3 Å². The number of aromatic hydroxyl groups is 1. The minimum absolute atomic E-state index is 0.0828. The number of piperazine rings is 1. The molecule has 0 radical (unpaired) electrons. The highest BCUT2D eigenvalue weighted by molar-refractivity contribution is 6.32. The SMILES string of the molecule is COc1cc(Cl)c(O)c(CCN2CCNCC2)c1OC. The van der Waals surface area contributed by atoms with Crippen molar-refractivity contribution in [1.82, 2.24) is 10.2 Å². The number of ether oxygens (including phenoxy) is 2. The third-order valence-electron chi connectivity index (χ3n) is 3.58. The van der Waals surface area contributed by atoms with Gasteiger partial charge in [0.05, 0.1) is 19.2 Å². The largest absolute Gasteiger partial charge is 0.506 e. The van der Waals surface area contributed by atoms with Gasteiger partial charge >= 0.3 is 0 Å². The molecular weight excluding hydrogens is 280 g/mol. The Balaban J connectivity index is 2.18. The van der Waals surface area contributed by atoms with Gasteiger partial charge in [0.25, 0.3) is 0 Å². The molecule has 1 heterocycles. The van der Waals surface area contributed by atoms with E-state index >= 15 is 0 Å². The quantitative estimate of drug-likeness (QED) is 0.863. The van der Waals surface area contributed by atoms with Crippen LogP contribution < -0.4 is 14.8 Å². The molecule has 0 aromatic heterocycles. The summed E-state index contributed by atoms with van der Waals surface area (Å²) in [7, 11) is 3.13. The fourth-order valence-electron chi connectivity index (χ4n) is 2.46. The summed E-state index contributed by atoms with van der Waals surface area (Å²) in [5.74, 6) is 1.19. The fraction of sp³-hybridized carbons (Fsp3) is 0.571. The summed E-state index contributed by atoms with van der Waals surface area (Å²) in [6.45, 7) is 4.89. The van der Waals surface area contributed by atoms with Crippen LogP contribution in [0.4, 0.5) is 0 Å². The summed E-state index contributed by atoms with van der Waals surface area (Å²) in [6, 6.07) is 1.57. The first-order valence-electron chi connectivity index (χ1n) is 6.72. The molecule has 20 heavy (non-hydrogen) atoms. The first kappa shape index (κ1) is 15.2. The molecule has 0 bridgehead atoms. The molecule has 0 aliphatic carbocycles. The number of halogens is 1. The maximum Gasteiger partial charge on any atom is 0.167 e. The van der Waals surface area contributed by atoms with Crippen LogP contribution in [0.5, 0.6) is 17.2 Å². The Hall–Kier alpha value is -1.17. The van der Waals surface area contributed by atoms with Crippen molar-refractivity contribution in [2.24, 2.45) is 0 Å². The van der Waals surface area contributed by atoms with Gasteiger partial charge in [-0.15, -0.1) is 0 Å². The van der Waals surface area contributed by atoms with Crippen molar-refractivity contribution in [1.29, 1.82) is 0 Å². The molecule has 0 atom stereocenters. The molecule has 0 saturated carbocycles. The summed E-state index contributed by atoms with van der Waals surface area (Å²) in [6.07, 6.45) is 0.673. The summed E-state index contributed by atoms with van der Waals surface area (Å²) in [4.78, 5) is 2.35. The Morgan fingerprint density at radius 2 is 2.00 bits per heavy atom. The van der Waals surface area contributed by atoms with Gasteiger partial charge in [0.2, 0.25) is 0 Å². The molecular formula is C14H21ClN2O3. The zero-order valence-corrected chi connectivity index (χ0v) is 12.7. The van der Waals surface area contributed by atoms with Crippen LogP contribution in [0, 0.1) is 0 Å². The first-order chi connectivity index (χ1) is 9.67. The average Bonchev–Trinajstić information content (AvgIpc) is 2.49. The molecule has 1 aliphatic heterocycles. The molecule has 0 unspecified atom stereocenters. The van der Waals surface area contributed by atoms with Crippen molar-refractivity contribution < 1.29 is 14.6 Å². The van der Waals surface area contributed by atoms with E-state index in [0.29, 0.717) is 23.5 Å². The third kappa shape index (κ3) is 3.29. The highest BCUT2D eigenvalue weighted by atomic mass is 35.5. The maximum absolute atomic E-state index is 10.2. The molecule has 1 aromatic carbocycles. The number of benzene rings is 1. The second kappa shape index (κ2) is 7.02. The van der Waals surface area contributed by atoms with Crippen LogP contribution in [0.25, 0.3) is 0 Å². The maximum atomic E-state index is 10.2. The molecule has 5 nitrogen and oxygen atoms in total. The van der Waals surface area contributed by atoms with E-state index in [4.69, 9.17) is 21.1 Å². The molecule has 1 aliphatic rings. The molecule has 112 valence electrons. The lowest BCUT2D eigenvalue weighted by atomic mass is 10.1. The molecule has 6 heteroatoms. The van der Waals surface area contributed by atoms with Gasteiger partial charge in [0, 0.05) is 44.4 Å². The van der Waals surface area contributed by atoms with E-state index < -0.39 is 0 Å². The number of phenolic OH excluding ortho intramolecular Hbond substituents is 1. The molecule has 2 N–H and O–H groups in total. The van der Waals surface area contributed by atoms with Gasteiger partial charge in [0.1, 0.15) is 5.75 Å². The lowest BCUT2D eigenvalue weighted by Crippen LogP contribution is -2.44. The van der Waals surface area contributed by atoms with E-state index in [9.17, 15) is 5.11 Å². The Morgan fingerprint density at radius 3 is 2.60 bits per heavy atom. The normalized spacial score (nSPS) is 16.1. The van der Waals surface area contributed by atoms with Crippen molar-refractivity contribution in [2.45, 2.75) is 6.42 Å². The van der Waals surface area contributed by atoms with Crippen LogP contribution in [0.15, 0.2) is 6.07 Å². The lowest BCUT2D eigenvalue weighted by Gasteiger charge is -2.27. The predicted molar refractivity (Wildman–Crippen MR) is 79.2 cm³/mol. The molecule has 0 spiro atoms. The molecule has 1 fully saturated rings. The van der Waals surface area contributed by atoms with Gasteiger partial charge in [0.15, 0.2) is 11.5 Å². The van der Waals surface area contributed by atoms with Crippen molar-refractivity contribution in [3.63, 3.8) is 0 Å². The third-order valence-corrected chi connectivity index (χ3v) is 3.87. The molecule has 1 aromatic rings. The Kier molecular flexibility index (Phi) is 5.34. The Bertz CT molecular complexity index is 462. The van der Waals surface area contributed by atoms with Crippen LogP contribution >= 0.6 is 11.6 Å². The molecule has 1 saturated heterocycles. The summed E-state index contributed by atoms with van der Waals surface area (Å²) < 4.78 is 10.6. The van der Waals surface area contributed by atoms with Crippen molar-refractivity contribution in [3.8, 4) is 17.2 Å². The number of nitrogens with one attached hydrogen (secondary N) is 1. The number of phenols is 1. The van der Waals surface area contributed by atoms with E-state index in [1.165, 1.54) is 0 Å². The van der Waals surface area contributed by atoms with Crippen LogP contribution in [-0.4, -0.2) is 56.9 Å². The summed E-state index contributed by atoms with van der Waals surface area (Å²) >= 11 is 6.04. The zero-order valence-electron chi connectivity index (χ0n) is 11.9. The molecule has 0 amide bonds. The number of methoxy groups -OCH3 is 2. The van der Waals surface area contributed by atoms with Crippen LogP contribution in [0.2, 0.25) is 5.02 Å². The average molecular weight is 301 g/mol. The Morgan fingerprint density at radius 1 is 1.30 bits per heavy atom. The van der Waals surface area contributed by atoms with E-state index in [0.717, 1.165) is 32.7 Å². The van der Waals surface area contributed by atoms with Gasteiger partial charge in [-0.05, 0) is 6.42 Å². The number of rotatable bonds is 5. The van der Waals surface area contributed by atoms with E-state index in [1.807, 2.05) is 0 Å². The highest BCUT2D eigenvalue weighted by Crippen LogP contribution is 2.42. The smallest absolute Gasteiger partial charge is 0.167 e. The van der Waals surface area contributed by atoms with Gasteiger partial charge in [-0.3, -0.25) is 0 Å².